The number of hydrogen-bond donors (Lipinski definition) is 2. The van der Waals surface area contributed by atoms with E-state index in [-0.39, 0.29) is 0 Å². The first-order chi connectivity index (χ1) is 11.5. The summed E-state index contributed by atoms with van der Waals surface area (Å²) in [6.07, 6.45) is 0. The lowest BCUT2D eigenvalue weighted by Gasteiger charge is -2.22. The average Bonchev–Trinajstić information content (AvgIpc) is 3.20. The average molecular weight is 341 g/mol. The van der Waals surface area contributed by atoms with Gasteiger partial charge in [-0.15, -0.1) is 11.3 Å². The predicted octanol–water partition coefficient (Wildman–Crippen LogP) is 3.55. The van der Waals surface area contributed by atoms with Gasteiger partial charge >= 0.3 is 0 Å². The van der Waals surface area contributed by atoms with Gasteiger partial charge < -0.3 is 10.4 Å². The highest BCUT2D eigenvalue weighted by atomic mass is 32.1. The van der Waals surface area contributed by atoms with Gasteiger partial charge in [-0.2, -0.15) is 5.10 Å². The summed E-state index contributed by atoms with van der Waals surface area (Å²) in [6.45, 7) is 7.15. The van der Waals surface area contributed by atoms with Crippen LogP contribution in [0.3, 0.4) is 0 Å². The lowest BCUT2D eigenvalue weighted by molar-refractivity contribution is 0.0604. The monoisotopic (exact) mass is 341 g/mol. The summed E-state index contributed by atoms with van der Waals surface area (Å²) in [5, 5.41) is 20.6. The number of aromatic nitrogens is 2. The Kier molecular flexibility index (Phi) is 4.85. The zero-order valence-electron chi connectivity index (χ0n) is 14.3. The SMILES string of the molecule is Cc1nn(-c2ccccc2)c(C)c1CNCC(C)(O)c1cccs1. The summed E-state index contributed by atoms with van der Waals surface area (Å²) in [7, 11) is 0. The number of rotatable bonds is 6. The van der Waals surface area contributed by atoms with Gasteiger partial charge in [-0.3, -0.25) is 0 Å². The lowest BCUT2D eigenvalue weighted by atomic mass is 10.1. The maximum atomic E-state index is 10.6. The van der Waals surface area contributed by atoms with Crippen LogP contribution in [-0.4, -0.2) is 21.4 Å². The third-order valence-electron chi connectivity index (χ3n) is 4.26. The molecule has 0 amide bonds. The quantitative estimate of drug-likeness (QED) is 0.721. The molecule has 0 saturated heterocycles. The summed E-state index contributed by atoms with van der Waals surface area (Å²) in [5.41, 5.74) is 3.53. The van der Waals surface area contributed by atoms with Crippen LogP contribution in [0.4, 0.5) is 0 Å². The Morgan fingerprint density at radius 1 is 1.17 bits per heavy atom. The highest BCUT2D eigenvalue weighted by Crippen LogP contribution is 2.25. The fraction of sp³-hybridized carbons (Fsp3) is 0.316. The standard InChI is InChI=1S/C19H23N3OS/c1-14-17(12-20-13-19(3,23)18-10-7-11-24-18)15(2)22(21-14)16-8-5-4-6-9-16/h4-11,20,23H,12-13H2,1-3H3. The Hall–Kier alpha value is -1.95. The number of thiophene rings is 1. The lowest BCUT2D eigenvalue weighted by Crippen LogP contribution is -2.34. The van der Waals surface area contributed by atoms with E-state index in [4.69, 9.17) is 0 Å². The molecule has 0 spiro atoms. The Labute approximate surface area is 146 Å². The number of para-hydroxylation sites is 1. The highest BCUT2D eigenvalue weighted by Gasteiger charge is 2.24. The van der Waals surface area contributed by atoms with E-state index in [9.17, 15) is 5.11 Å². The third-order valence-corrected chi connectivity index (χ3v) is 5.39. The van der Waals surface area contributed by atoms with Crippen molar-refractivity contribution in [2.75, 3.05) is 6.54 Å². The van der Waals surface area contributed by atoms with Crippen molar-refractivity contribution in [1.29, 1.82) is 0 Å². The van der Waals surface area contributed by atoms with E-state index in [1.165, 1.54) is 5.56 Å². The van der Waals surface area contributed by atoms with Crippen LogP contribution in [0.15, 0.2) is 47.8 Å². The van der Waals surface area contributed by atoms with Gasteiger partial charge in [-0.05, 0) is 44.4 Å². The zero-order valence-corrected chi connectivity index (χ0v) is 15.1. The minimum Gasteiger partial charge on any atom is -0.383 e. The normalized spacial score (nSPS) is 13.8. The van der Waals surface area contributed by atoms with Crippen molar-refractivity contribution in [2.24, 2.45) is 0 Å². The van der Waals surface area contributed by atoms with Gasteiger partial charge in [0.05, 0.1) is 11.4 Å². The molecule has 1 atom stereocenters. The first-order valence-electron chi connectivity index (χ1n) is 8.06. The van der Waals surface area contributed by atoms with E-state index < -0.39 is 5.60 Å². The molecule has 1 unspecified atom stereocenters. The molecule has 0 aliphatic heterocycles. The Balaban J connectivity index is 1.71. The van der Waals surface area contributed by atoms with Crippen LogP contribution < -0.4 is 5.32 Å². The molecule has 3 rings (SSSR count). The minimum absolute atomic E-state index is 0.503. The molecule has 1 aromatic carbocycles. The van der Waals surface area contributed by atoms with Crippen molar-refractivity contribution in [2.45, 2.75) is 32.9 Å². The summed E-state index contributed by atoms with van der Waals surface area (Å²) >= 11 is 1.58. The largest absolute Gasteiger partial charge is 0.383 e. The number of aliphatic hydroxyl groups is 1. The number of benzene rings is 1. The van der Waals surface area contributed by atoms with Crippen molar-refractivity contribution in [1.82, 2.24) is 15.1 Å². The van der Waals surface area contributed by atoms with Crippen molar-refractivity contribution < 1.29 is 5.11 Å². The predicted molar refractivity (Wildman–Crippen MR) is 98.6 cm³/mol. The Bertz CT molecular complexity index is 792. The number of nitrogens with one attached hydrogen (secondary N) is 1. The van der Waals surface area contributed by atoms with Gasteiger partial charge in [-0.25, -0.2) is 4.68 Å². The smallest absolute Gasteiger partial charge is 0.108 e. The van der Waals surface area contributed by atoms with Crippen molar-refractivity contribution in [3.8, 4) is 5.69 Å². The topological polar surface area (TPSA) is 50.1 Å². The van der Waals surface area contributed by atoms with Gasteiger partial charge in [-0.1, -0.05) is 24.3 Å². The fourth-order valence-electron chi connectivity index (χ4n) is 2.85. The summed E-state index contributed by atoms with van der Waals surface area (Å²) in [6, 6.07) is 14.1. The van der Waals surface area contributed by atoms with Crippen molar-refractivity contribution in [3.63, 3.8) is 0 Å². The second-order valence-corrected chi connectivity index (χ2v) is 7.20. The van der Waals surface area contributed by atoms with Crippen molar-refractivity contribution >= 4 is 11.3 Å². The second kappa shape index (κ2) is 6.89. The molecule has 0 aliphatic carbocycles. The third kappa shape index (κ3) is 3.43. The van der Waals surface area contributed by atoms with E-state index in [1.807, 2.05) is 54.2 Å². The molecule has 3 aromatic rings. The van der Waals surface area contributed by atoms with E-state index in [0.717, 1.165) is 22.0 Å². The molecule has 24 heavy (non-hydrogen) atoms. The molecule has 2 aromatic heterocycles. The molecule has 5 heteroatoms. The van der Waals surface area contributed by atoms with Crippen LogP contribution in [0.2, 0.25) is 0 Å². The minimum atomic E-state index is -0.856. The molecular formula is C19H23N3OS. The molecule has 2 N–H and O–H groups in total. The molecule has 0 radical (unpaired) electrons. The van der Waals surface area contributed by atoms with E-state index in [0.29, 0.717) is 13.1 Å². The van der Waals surface area contributed by atoms with Crippen molar-refractivity contribution in [3.05, 3.63) is 69.7 Å². The summed E-state index contributed by atoms with van der Waals surface area (Å²) in [5.74, 6) is 0. The fourth-order valence-corrected chi connectivity index (χ4v) is 3.64. The first-order valence-corrected chi connectivity index (χ1v) is 8.94. The van der Waals surface area contributed by atoms with Crippen LogP contribution in [0.25, 0.3) is 5.69 Å². The number of aryl methyl sites for hydroxylation is 1. The van der Waals surface area contributed by atoms with Crippen LogP contribution in [0, 0.1) is 13.8 Å². The molecular weight excluding hydrogens is 318 g/mol. The van der Waals surface area contributed by atoms with E-state index >= 15 is 0 Å². The number of hydrogen-bond acceptors (Lipinski definition) is 4. The second-order valence-electron chi connectivity index (χ2n) is 6.25. The summed E-state index contributed by atoms with van der Waals surface area (Å²) in [4.78, 5) is 0.975. The van der Waals surface area contributed by atoms with Crippen LogP contribution >= 0.6 is 11.3 Å². The van der Waals surface area contributed by atoms with Gasteiger partial charge in [0.15, 0.2) is 0 Å². The van der Waals surface area contributed by atoms with Gasteiger partial charge in [0, 0.05) is 29.2 Å². The molecule has 0 saturated carbocycles. The summed E-state index contributed by atoms with van der Waals surface area (Å²) < 4.78 is 1.98. The molecule has 0 bridgehead atoms. The number of nitrogens with zero attached hydrogens (tertiary/aromatic N) is 2. The zero-order chi connectivity index (χ0) is 17.2. The van der Waals surface area contributed by atoms with Crippen LogP contribution in [-0.2, 0) is 12.1 Å². The molecule has 0 fully saturated rings. The maximum Gasteiger partial charge on any atom is 0.108 e. The van der Waals surface area contributed by atoms with E-state index in [2.05, 4.69) is 29.5 Å². The Morgan fingerprint density at radius 3 is 2.58 bits per heavy atom. The van der Waals surface area contributed by atoms with Gasteiger partial charge in [0.1, 0.15) is 5.60 Å². The highest BCUT2D eigenvalue weighted by molar-refractivity contribution is 7.10. The van der Waals surface area contributed by atoms with Crippen LogP contribution in [0.5, 0.6) is 0 Å². The molecule has 126 valence electrons. The van der Waals surface area contributed by atoms with Gasteiger partial charge in [0.2, 0.25) is 0 Å². The van der Waals surface area contributed by atoms with Gasteiger partial charge in [0.25, 0.3) is 0 Å². The maximum absolute atomic E-state index is 10.6. The Morgan fingerprint density at radius 2 is 1.92 bits per heavy atom. The van der Waals surface area contributed by atoms with E-state index in [1.54, 1.807) is 11.3 Å². The molecule has 2 heterocycles. The molecule has 4 nitrogen and oxygen atoms in total. The molecule has 0 aliphatic rings. The first kappa shape index (κ1) is 16.9. The van der Waals surface area contributed by atoms with Crippen LogP contribution in [0.1, 0.15) is 28.8 Å².